The van der Waals surface area contributed by atoms with Crippen LogP contribution in [0.1, 0.15) is 43.0 Å². The molecule has 2 fully saturated rings. The van der Waals surface area contributed by atoms with Crippen LogP contribution in [-0.2, 0) is 9.53 Å². The van der Waals surface area contributed by atoms with Gasteiger partial charge in [0.15, 0.2) is 6.04 Å². The van der Waals surface area contributed by atoms with E-state index >= 15 is 0 Å². The highest BCUT2D eigenvalue weighted by molar-refractivity contribution is 6.34. The Morgan fingerprint density at radius 1 is 1.38 bits per heavy atom. The Morgan fingerprint density at radius 3 is 2.62 bits per heavy atom. The van der Waals surface area contributed by atoms with E-state index in [9.17, 15) is 24.8 Å². The molecule has 0 aromatic heterocycles. The lowest BCUT2D eigenvalue weighted by atomic mass is 9.83. The molecule has 8 nitrogen and oxygen atoms in total. The largest absolute Gasteiger partial charge is 0.480 e. The monoisotopic (exact) mass is 382 g/mol. The highest BCUT2D eigenvalue weighted by atomic mass is 35.5. The first-order valence-electron chi connectivity index (χ1n) is 8.39. The predicted molar refractivity (Wildman–Crippen MR) is 92.0 cm³/mol. The van der Waals surface area contributed by atoms with Crippen LogP contribution in [0.15, 0.2) is 18.2 Å². The molecule has 1 saturated heterocycles. The van der Waals surface area contributed by atoms with Crippen LogP contribution >= 0.6 is 11.6 Å². The Bertz CT molecular complexity index is 760. The fourth-order valence-electron chi connectivity index (χ4n) is 3.69. The Morgan fingerprint density at radius 2 is 2.04 bits per heavy atom. The third-order valence-electron chi connectivity index (χ3n) is 5.21. The number of hydrogen-bond acceptors (Lipinski definition) is 5. The van der Waals surface area contributed by atoms with Gasteiger partial charge in [-0.25, -0.2) is 4.79 Å². The summed E-state index contributed by atoms with van der Waals surface area (Å²) in [5, 5.41) is 20.6. The van der Waals surface area contributed by atoms with Gasteiger partial charge in [-0.2, -0.15) is 0 Å². The number of halogens is 1. The van der Waals surface area contributed by atoms with Crippen molar-refractivity contribution in [3.8, 4) is 0 Å². The molecule has 9 heteroatoms. The van der Waals surface area contributed by atoms with Crippen molar-refractivity contribution >= 4 is 29.2 Å². The third kappa shape index (κ3) is 3.14. The molecule has 1 aliphatic carbocycles. The van der Waals surface area contributed by atoms with E-state index in [1.54, 1.807) is 0 Å². The van der Waals surface area contributed by atoms with E-state index in [-0.39, 0.29) is 22.9 Å². The maximum absolute atomic E-state index is 13.2. The van der Waals surface area contributed by atoms with Gasteiger partial charge in [0.1, 0.15) is 5.72 Å². The molecule has 0 unspecified atom stereocenters. The van der Waals surface area contributed by atoms with Gasteiger partial charge in [-0.1, -0.05) is 18.5 Å². The highest BCUT2D eigenvalue weighted by Crippen LogP contribution is 2.43. The van der Waals surface area contributed by atoms with Crippen molar-refractivity contribution in [2.75, 3.05) is 6.61 Å². The topological polar surface area (TPSA) is 110 Å². The van der Waals surface area contributed by atoms with Gasteiger partial charge in [0.2, 0.25) is 0 Å². The van der Waals surface area contributed by atoms with E-state index in [0.717, 1.165) is 18.9 Å². The summed E-state index contributed by atoms with van der Waals surface area (Å²) in [4.78, 5) is 36.5. The molecule has 1 saturated carbocycles. The zero-order chi connectivity index (χ0) is 19.1. The number of nitro benzene ring substituents is 1. The van der Waals surface area contributed by atoms with E-state index in [1.807, 2.05) is 0 Å². The van der Waals surface area contributed by atoms with Gasteiger partial charge >= 0.3 is 5.97 Å². The second-order valence-corrected chi connectivity index (χ2v) is 7.30. The van der Waals surface area contributed by atoms with Crippen LogP contribution in [0.5, 0.6) is 0 Å². The number of amides is 1. The summed E-state index contributed by atoms with van der Waals surface area (Å²) in [6, 6.07) is 2.41. The van der Waals surface area contributed by atoms with Crippen molar-refractivity contribution in [2.45, 2.75) is 44.4 Å². The van der Waals surface area contributed by atoms with Crippen molar-refractivity contribution in [1.29, 1.82) is 0 Å². The van der Waals surface area contributed by atoms with Crippen molar-refractivity contribution in [3.05, 3.63) is 38.9 Å². The number of benzene rings is 1. The standard InChI is InChI=1S/C17H19ClN2O6/c1-10-4-6-17(7-5-10)19(14(9-26-17)16(22)23)15(21)12-8-11(20(24)25)2-3-13(12)18/h2-3,8,10,14H,4-7,9H2,1H3,(H,22,23)/t10?,14-,17?/m1/s1. The third-order valence-corrected chi connectivity index (χ3v) is 5.54. The quantitative estimate of drug-likeness (QED) is 0.635. The normalized spacial score (nSPS) is 28.3. The molecule has 3 rings (SSSR count). The van der Waals surface area contributed by atoms with Crippen LogP contribution in [0.4, 0.5) is 5.69 Å². The van der Waals surface area contributed by atoms with E-state index in [2.05, 4.69) is 6.92 Å². The number of carbonyl (C=O) groups is 2. The van der Waals surface area contributed by atoms with Gasteiger partial charge in [-0.15, -0.1) is 0 Å². The summed E-state index contributed by atoms with van der Waals surface area (Å²) in [5.74, 6) is -1.36. The summed E-state index contributed by atoms with van der Waals surface area (Å²) in [7, 11) is 0. The average Bonchev–Trinajstić information content (AvgIpc) is 2.96. The molecule has 1 N–H and O–H groups in total. The number of carboxylic acids is 1. The van der Waals surface area contributed by atoms with E-state index in [1.165, 1.54) is 17.0 Å². The summed E-state index contributed by atoms with van der Waals surface area (Å²) >= 11 is 6.09. The first-order valence-corrected chi connectivity index (χ1v) is 8.77. The van der Waals surface area contributed by atoms with Crippen LogP contribution in [-0.4, -0.2) is 45.2 Å². The van der Waals surface area contributed by atoms with Gasteiger partial charge in [-0.3, -0.25) is 19.8 Å². The van der Waals surface area contributed by atoms with Gasteiger partial charge in [0, 0.05) is 12.1 Å². The number of non-ortho nitro benzene ring substituents is 1. The van der Waals surface area contributed by atoms with Crippen LogP contribution < -0.4 is 0 Å². The molecule has 1 aromatic carbocycles. The van der Waals surface area contributed by atoms with Crippen LogP contribution in [0, 0.1) is 16.0 Å². The SMILES string of the molecule is CC1CCC2(CC1)OC[C@H](C(=O)O)N2C(=O)c1cc([N+](=O)[O-])ccc1Cl. The maximum Gasteiger partial charge on any atom is 0.328 e. The first-order chi connectivity index (χ1) is 12.2. The van der Waals surface area contributed by atoms with Crippen LogP contribution in [0.3, 0.4) is 0 Å². The number of rotatable bonds is 3. The first kappa shape index (κ1) is 18.6. The molecule has 1 spiro atoms. The van der Waals surface area contributed by atoms with E-state index in [4.69, 9.17) is 16.3 Å². The lowest BCUT2D eigenvalue weighted by Gasteiger charge is -2.42. The van der Waals surface area contributed by atoms with Crippen LogP contribution in [0.25, 0.3) is 0 Å². The average molecular weight is 383 g/mol. The highest BCUT2D eigenvalue weighted by Gasteiger charge is 2.54. The molecule has 0 radical (unpaired) electrons. The van der Waals surface area contributed by atoms with E-state index in [0.29, 0.717) is 18.8 Å². The van der Waals surface area contributed by atoms with Gasteiger partial charge < -0.3 is 9.84 Å². The molecule has 1 atom stereocenters. The smallest absolute Gasteiger partial charge is 0.328 e. The molecule has 2 aliphatic rings. The molecular formula is C17H19ClN2O6. The molecule has 140 valence electrons. The minimum Gasteiger partial charge on any atom is -0.480 e. The fraction of sp³-hybridized carbons (Fsp3) is 0.529. The van der Waals surface area contributed by atoms with Crippen molar-refractivity contribution in [3.63, 3.8) is 0 Å². The number of carboxylic acid groups (broad SMARTS) is 1. The van der Waals surface area contributed by atoms with Crippen molar-refractivity contribution < 1.29 is 24.4 Å². The molecule has 1 aliphatic heterocycles. The lowest BCUT2D eigenvalue weighted by Crippen LogP contribution is -2.55. The Kier molecular flexibility index (Phi) is 4.90. The number of hydrogen-bond donors (Lipinski definition) is 1. The summed E-state index contributed by atoms with van der Waals surface area (Å²) in [6.45, 7) is 1.99. The molecule has 1 amide bonds. The number of aliphatic carboxylic acids is 1. The Hall–Kier alpha value is -2.19. The Balaban J connectivity index is 2.02. The predicted octanol–water partition coefficient (Wildman–Crippen LogP) is 3.08. The number of nitro groups is 1. The number of nitrogens with zero attached hydrogens (tertiary/aromatic N) is 2. The minimum absolute atomic E-state index is 0.0379. The minimum atomic E-state index is -1.17. The van der Waals surface area contributed by atoms with Crippen molar-refractivity contribution in [1.82, 2.24) is 4.90 Å². The van der Waals surface area contributed by atoms with Gasteiger partial charge in [0.25, 0.3) is 11.6 Å². The Labute approximate surface area is 154 Å². The molecule has 1 aromatic rings. The second kappa shape index (κ2) is 6.85. The van der Waals surface area contributed by atoms with Crippen LogP contribution in [0.2, 0.25) is 5.02 Å². The number of carbonyl (C=O) groups excluding carboxylic acids is 1. The van der Waals surface area contributed by atoms with Crippen molar-refractivity contribution in [2.24, 2.45) is 5.92 Å². The fourth-order valence-corrected chi connectivity index (χ4v) is 3.89. The van der Waals surface area contributed by atoms with Gasteiger partial charge in [0.05, 0.1) is 22.1 Å². The van der Waals surface area contributed by atoms with E-state index < -0.39 is 28.6 Å². The number of ether oxygens (including phenoxy) is 1. The second-order valence-electron chi connectivity index (χ2n) is 6.89. The summed E-state index contributed by atoms with van der Waals surface area (Å²) < 4.78 is 5.82. The lowest BCUT2D eigenvalue weighted by molar-refractivity contribution is -0.384. The molecule has 1 heterocycles. The zero-order valence-electron chi connectivity index (χ0n) is 14.2. The summed E-state index contributed by atoms with van der Waals surface area (Å²) in [6.07, 6.45) is 2.66. The molecular weight excluding hydrogens is 364 g/mol. The molecule has 0 bridgehead atoms. The van der Waals surface area contributed by atoms with Gasteiger partial charge in [-0.05, 0) is 37.7 Å². The zero-order valence-corrected chi connectivity index (χ0v) is 14.9. The molecule has 26 heavy (non-hydrogen) atoms. The maximum atomic E-state index is 13.2. The summed E-state index contributed by atoms with van der Waals surface area (Å²) in [5.41, 5.74) is -1.37.